The fourth-order valence-corrected chi connectivity index (χ4v) is 4.01. The van der Waals surface area contributed by atoms with Gasteiger partial charge in [0.2, 0.25) is 0 Å². The number of fused-ring (bicyclic) bond motifs is 1. The minimum absolute atomic E-state index is 0.0400. The normalized spacial score (nSPS) is 16.5. The van der Waals surface area contributed by atoms with E-state index in [0.717, 1.165) is 54.0 Å². The van der Waals surface area contributed by atoms with E-state index in [1.165, 1.54) is 11.1 Å². The number of hydrogen-bond acceptors (Lipinski definition) is 6. The molecule has 1 N–H and O–H groups in total. The molecule has 158 valence electrons. The highest BCUT2D eigenvalue weighted by Crippen LogP contribution is 2.30. The van der Waals surface area contributed by atoms with E-state index < -0.39 is 0 Å². The van der Waals surface area contributed by atoms with Crippen molar-refractivity contribution in [1.29, 1.82) is 0 Å². The molecule has 5 rings (SSSR count). The summed E-state index contributed by atoms with van der Waals surface area (Å²) in [6.07, 6.45) is 8.62. The minimum Gasteiger partial charge on any atom is -0.364 e. The molecular weight excluding hydrogens is 388 g/mol. The number of hydrogen-bond donors (Lipinski definition) is 1. The van der Waals surface area contributed by atoms with E-state index in [2.05, 4.69) is 52.5 Å². The van der Waals surface area contributed by atoms with E-state index in [1.807, 2.05) is 24.0 Å². The van der Waals surface area contributed by atoms with Crippen molar-refractivity contribution in [2.75, 3.05) is 11.9 Å². The SMILES string of the molecule is Cc1cccc(CNc2nc(-c3cncc(C)c3)nc3c2ncn3C2CCCCO2)c1. The number of benzene rings is 1. The van der Waals surface area contributed by atoms with E-state index in [1.54, 1.807) is 6.20 Å². The molecule has 1 unspecified atom stereocenters. The molecule has 7 nitrogen and oxygen atoms in total. The number of imidazole rings is 1. The van der Waals surface area contributed by atoms with E-state index in [0.29, 0.717) is 12.4 Å². The second-order valence-electron chi connectivity index (χ2n) is 8.13. The summed E-state index contributed by atoms with van der Waals surface area (Å²) >= 11 is 0. The van der Waals surface area contributed by atoms with Gasteiger partial charge in [-0.15, -0.1) is 0 Å². The van der Waals surface area contributed by atoms with Crippen molar-refractivity contribution in [3.8, 4) is 11.4 Å². The molecular formula is C24H26N6O. The van der Waals surface area contributed by atoms with Gasteiger partial charge in [-0.1, -0.05) is 29.8 Å². The Bertz CT molecular complexity index is 1210. The summed E-state index contributed by atoms with van der Waals surface area (Å²) in [5.74, 6) is 1.35. The lowest BCUT2D eigenvalue weighted by Crippen LogP contribution is -2.18. The summed E-state index contributed by atoms with van der Waals surface area (Å²) in [5, 5.41) is 3.48. The topological polar surface area (TPSA) is 77.8 Å². The van der Waals surface area contributed by atoms with E-state index in [9.17, 15) is 0 Å². The Morgan fingerprint density at radius 1 is 1.10 bits per heavy atom. The lowest BCUT2D eigenvalue weighted by molar-refractivity contribution is -0.0298. The van der Waals surface area contributed by atoms with Crippen molar-refractivity contribution >= 4 is 17.0 Å². The largest absolute Gasteiger partial charge is 0.364 e. The van der Waals surface area contributed by atoms with Gasteiger partial charge in [0.15, 0.2) is 22.8 Å². The van der Waals surface area contributed by atoms with Crippen molar-refractivity contribution in [2.24, 2.45) is 0 Å². The first-order chi connectivity index (χ1) is 15.2. The fraction of sp³-hybridized carbons (Fsp3) is 0.333. The second-order valence-corrected chi connectivity index (χ2v) is 8.13. The van der Waals surface area contributed by atoms with Crippen molar-refractivity contribution in [3.63, 3.8) is 0 Å². The van der Waals surface area contributed by atoms with Gasteiger partial charge in [-0.2, -0.15) is 0 Å². The number of ether oxygens (including phenoxy) is 1. The van der Waals surface area contributed by atoms with Crippen LogP contribution in [0.25, 0.3) is 22.6 Å². The number of aromatic nitrogens is 5. The zero-order valence-corrected chi connectivity index (χ0v) is 17.9. The van der Waals surface area contributed by atoms with Crippen LogP contribution in [0.4, 0.5) is 5.82 Å². The summed E-state index contributed by atoms with van der Waals surface area (Å²) in [4.78, 5) is 18.7. The van der Waals surface area contributed by atoms with Crippen molar-refractivity contribution in [2.45, 2.75) is 45.9 Å². The van der Waals surface area contributed by atoms with Crippen molar-refractivity contribution in [1.82, 2.24) is 24.5 Å². The molecule has 0 bridgehead atoms. The predicted octanol–water partition coefficient (Wildman–Crippen LogP) is 4.82. The third kappa shape index (κ3) is 4.14. The van der Waals surface area contributed by atoms with Crippen LogP contribution in [0.15, 0.2) is 49.1 Å². The Labute approximate surface area is 181 Å². The highest BCUT2D eigenvalue weighted by atomic mass is 16.5. The minimum atomic E-state index is -0.0400. The fourth-order valence-electron chi connectivity index (χ4n) is 4.01. The number of aryl methyl sites for hydroxylation is 2. The van der Waals surface area contributed by atoms with E-state index in [4.69, 9.17) is 14.7 Å². The molecule has 0 spiro atoms. The van der Waals surface area contributed by atoms with E-state index >= 15 is 0 Å². The van der Waals surface area contributed by atoms with Gasteiger partial charge >= 0.3 is 0 Å². The van der Waals surface area contributed by atoms with Gasteiger partial charge in [-0.3, -0.25) is 9.55 Å². The Kier molecular flexibility index (Phi) is 5.34. The lowest BCUT2D eigenvalue weighted by Gasteiger charge is -2.24. The third-order valence-corrected chi connectivity index (χ3v) is 5.56. The molecule has 0 radical (unpaired) electrons. The summed E-state index contributed by atoms with van der Waals surface area (Å²) in [7, 11) is 0. The molecule has 0 aliphatic carbocycles. The predicted molar refractivity (Wildman–Crippen MR) is 121 cm³/mol. The smallest absolute Gasteiger partial charge is 0.168 e. The maximum Gasteiger partial charge on any atom is 0.168 e. The molecule has 1 aromatic carbocycles. The van der Waals surface area contributed by atoms with Crippen molar-refractivity contribution in [3.05, 3.63) is 65.7 Å². The zero-order valence-electron chi connectivity index (χ0n) is 17.9. The first kappa shape index (κ1) is 19.6. The second kappa shape index (κ2) is 8.43. The molecule has 3 aromatic heterocycles. The zero-order chi connectivity index (χ0) is 21.2. The molecule has 1 aliphatic rings. The van der Waals surface area contributed by atoms with Gasteiger partial charge in [0, 0.05) is 31.1 Å². The number of anilines is 1. The van der Waals surface area contributed by atoms with Gasteiger partial charge in [0.1, 0.15) is 6.23 Å². The molecule has 0 saturated carbocycles. The van der Waals surface area contributed by atoms with Crippen LogP contribution in [0.3, 0.4) is 0 Å². The standard InChI is InChI=1S/C24H26N6O/c1-16-6-5-7-18(10-16)13-26-23-21-24(30(15-27-21)20-8-3-4-9-31-20)29-22(28-23)19-11-17(2)12-25-14-19/h5-7,10-12,14-15,20H,3-4,8-9,13H2,1-2H3,(H,26,28,29). The number of pyridine rings is 1. The van der Waals surface area contributed by atoms with Crippen LogP contribution in [-0.2, 0) is 11.3 Å². The molecule has 4 aromatic rings. The number of nitrogens with zero attached hydrogens (tertiary/aromatic N) is 5. The molecule has 1 fully saturated rings. The Balaban J connectivity index is 1.57. The van der Waals surface area contributed by atoms with Gasteiger partial charge in [0.25, 0.3) is 0 Å². The molecule has 31 heavy (non-hydrogen) atoms. The first-order valence-electron chi connectivity index (χ1n) is 10.7. The monoisotopic (exact) mass is 414 g/mol. The molecule has 1 atom stereocenters. The molecule has 0 amide bonds. The highest BCUT2D eigenvalue weighted by Gasteiger charge is 2.21. The molecule has 1 aliphatic heterocycles. The Morgan fingerprint density at radius 2 is 2.03 bits per heavy atom. The number of nitrogens with one attached hydrogen (secondary N) is 1. The summed E-state index contributed by atoms with van der Waals surface area (Å²) in [5.41, 5.74) is 5.92. The summed E-state index contributed by atoms with van der Waals surface area (Å²) in [6.45, 7) is 5.54. The van der Waals surface area contributed by atoms with Crippen LogP contribution in [0.1, 0.15) is 42.2 Å². The number of rotatable bonds is 5. The molecule has 4 heterocycles. The lowest BCUT2D eigenvalue weighted by atomic mass is 10.1. The van der Waals surface area contributed by atoms with Gasteiger partial charge < -0.3 is 10.1 Å². The molecule has 1 saturated heterocycles. The van der Waals surface area contributed by atoms with Crippen LogP contribution in [0, 0.1) is 13.8 Å². The highest BCUT2D eigenvalue weighted by molar-refractivity contribution is 5.85. The Hall–Kier alpha value is -3.32. The maximum atomic E-state index is 6.01. The average Bonchev–Trinajstić information content (AvgIpc) is 3.22. The van der Waals surface area contributed by atoms with Crippen molar-refractivity contribution < 1.29 is 4.74 Å². The van der Waals surface area contributed by atoms with Crippen LogP contribution in [0.5, 0.6) is 0 Å². The average molecular weight is 415 g/mol. The summed E-state index contributed by atoms with van der Waals surface area (Å²) < 4.78 is 8.05. The van der Waals surface area contributed by atoms with Crippen LogP contribution < -0.4 is 5.32 Å². The van der Waals surface area contributed by atoms with Crippen LogP contribution >= 0.6 is 0 Å². The first-order valence-corrected chi connectivity index (χ1v) is 10.7. The quantitative estimate of drug-likeness (QED) is 0.505. The van der Waals surface area contributed by atoms with Crippen LogP contribution in [-0.4, -0.2) is 31.1 Å². The maximum absolute atomic E-state index is 6.01. The van der Waals surface area contributed by atoms with Gasteiger partial charge in [-0.25, -0.2) is 15.0 Å². The van der Waals surface area contributed by atoms with Gasteiger partial charge in [0.05, 0.1) is 6.33 Å². The summed E-state index contributed by atoms with van der Waals surface area (Å²) in [6, 6.07) is 10.5. The molecule has 7 heteroatoms. The van der Waals surface area contributed by atoms with Crippen LogP contribution in [0.2, 0.25) is 0 Å². The van der Waals surface area contributed by atoms with E-state index in [-0.39, 0.29) is 6.23 Å². The van der Waals surface area contributed by atoms with Gasteiger partial charge in [-0.05, 0) is 50.3 Å². The Morgan fingerprint density at radius 3 is 2.84 bits per heavy atom. The third-order valence-electron chi connectivity index (χ3n) is 5.56.